The molecule has 0 atom stereocenters. The van der Waals surface area contributed by atoms with Gasteiger partial charge in [0.05, 0.1) is 10.6 Å². The molecule has 0 saturated carbocycles. The summed E-state index contributed by atoms with van der Waals surface area (Å²) in [6.07, 6.45) is 3.97. The summed E-state index contributed by atoms with van der Waals surface area (Å²) in [4.78, 5) is 15.2. The van der Waals surface area contributed by atoms with E-state index < -0.39 is 0 Å². The highest BCUT2D eigenvalue weighted by molar-refractivity contribution is 8.27. The smallest absolute Gasteiger partial charge is 0.268 e. The number of benzene rings is 3. The molecule has 1 heterocycles. The molecule has 4 heteroatoms. The first-order valence-corrected chi connectivity index (χ1v) is 9.84. The number of rotatable bonds is 3. The number of carbonyl (C=O) groups is 1. The fourth-order valence-corrected chi connectivity index (χ4v) is 4.42. The van der Waals surface area contributed by atoms with Crippen LogP contribution < -0.4 is 4.90 Å². The van der Waals surface area contributed by atoms with Gasteiger partial charge in [-0.1, -0.05) is 90.7 Å². The number of thiocarbonyl (C=S) groups is 1. The Morgan fingerprint density at radius 2 is 1.67 bits per heavy atom. The van der Waals surface area contributed by atoms with Crippen molar-refractivity contribution in [2.75, 3.05) is 4.90 Å². The van der Waals surface area contributed by atoms with Crippen LogP contribution in [-0.2, 0) is 4.79 Å². The summed E-state index contributed by atoms with van der Waals surface area (Å²) in [5.74, 6) is -0.0684. The molecular formula is C23H17NOS2. The van der Waals surface area contributed by atoms with Crippen molar-refractivity contribution < 1.29 is 4.79 Å². The van der Waals surface area contributed by atoms with Crippen molar-refractivity contribution in [3.8, 4) is 0 Å². The monoisotopic (exact) mass is 387 g/mol. The van der Waals surface area contributed by atoms with Crippen molar-refractivity contribution >= 4 is 56.7 Å². The highest BCUT2D eigenvalue weighted by Gasteiger charge is 2.33. The average molecular weight is 388 g/mol. The summed E-state index contributed by atoms with van der Waals surface area (Å²) >= 11 is 6.84. The SMILES string of the molecule is CC(=Cc1ccccc1)C=C1SC(=S)N(c2ccc3ccccc3c2)C1=O. The number of nitrogens with zero attached hydrogens (tertiary/aromatic N) is 1. The van der Waals surface area contributed by atoms with Crippen LogP contribution in [0.2, 0.25) is 0 Å². The molecule has 1 saturated heterocycles. The van der Waals surface area contributed by atoms with Gasteiger partial charge in [-0.05, 0) is 47.0 Å². The Kier molecular flexibility index (Phi) is 4.92. The largest absolute Gasteiger partial charge is 0.270 e. The normalized spacial score (nSPS) is 16.6. The van der Waals surface area contributed by atoms with Crippen LogP contribution in [-0.4, -0.2) is 10.2 Å². The Labute approximate surface area is 168 Å². The van der Waals surface area contributed by atoms with Crippen LogP contribution in [0, 0.1) is 0 Å². The third-order valence-corrected chi connectivity index (χ3v) is 5.64. The number of allylic oxidation sites excluding steroid dienone is 2. The van der Waals surface area contributed by atoms with Crippen LogP contribution >= 0.6 is 24.0 Å². The molecule has 0 aromatic heterocycles. The Morgan fingerprint density at radius 1 is 0.963 bits per heavy atom. The lowest BCUT2D eigenvalue weighted by atomic mass is 10.1. The number of thioether (sulfide) groups is 1. The van der Waals surface area contributed by atoms with Crippen molar-refractivity contribution in [3.05, 3.63) is 94.9 Å². The van der Waals surface area contributed by atoms with Gasteiger partial charge in [0, 0.05) is 0 Å². The van der Waals surface area contributed by atoms with Gasteiger partial charge in [0.2, 0.25) is 0 Å². The number of hydrogen-bond donors (Lipinski definition) is 0. The molecule has 1 aliphatic rings. The van der Waals surface area contributed by atoms with Crippen molar-refractivity contribution in [1.29, 1.82) is 0 Å². The second-order valence-electron chi connectivity index (χ2n) is 6.35. The van der Waals surface area contributed by atoms with E-state index in [-0.39, 0.29) is 5.91 Å². The van der Waals surface area contributed by atoms with Crippen LogP contribution in [0.25, 0.3) is 16.8 Å². The molecule has 1 aliphatic heterocycles. The lowest BCUT2D eigenvalue weighted by Gasteiger charge is -2.15. The van der Waals surface area contributed by atoms with E-state index in [1.807, 2.05) is 79.7 Å². The van der Waals surface area contributed by atoms with E-state index in [1.165, 1.54) is 11.8 Å². The Hall–Kier alpha value is -2.69. The standard InChI is InChI=1S/C23H17NOS2/c1-16(13-17-7-3-2-4-8-17)14-21-22(25)24(23(26)27-21)20-12-11-18-9-5-6-10-19(18)15-20/h2-15H,1H3. The van der Waals surface area contributed by atoms with E-state index in [9.17, 15) is 4.79 Å². The first-order valence-electron chi connectivity index (χ1n) is 8.62. The number of hydrogen-bond acceptors (Lipinski definition) is 3. The molecule has 2 nitrogen and oxygen atoms in total. The number of fused-ring (bicyclic) bond motifs is 1. The summed E-state index contributed by atoms with van der Waals surface area (Å²) in [5, 5.41) is 2.23. The van der Waals surface area contributed by atoms with E-state index in [0.717, 1.165) is 27.6 Å². The predicted molar refractivity (Wildman–Crippen MR) is 120 cm³/mol. The minimum absolute atomic E-state index is 0.0684. The Morgan fingerprint density at radius 3 is 2.44 bits per heavy atom. The molecule has 1 amide bonds. The van der Waals surface area contributed by atoms with E-state index in [2.05, 4.69) is 12.1 Å². The fraction of sp³-hybridized carbons (Fsp3) is 0.0435. The van der Waals surface area contributed by atoms with Crippen LogP contribution in [0.4, 0.5) is 5.69 Å². The molecule has 0 unspecified atom stereocenters. The summed E-state index contributed by atoms with van der Waals surface area (Å²) in [5.41, 5.74) is 2.93. The van der Waals surface area contributed by atoms with Gasteiger partial charge < -0.3 is 0 Å². The molecule has 3 aromatic rings. The van der Waals surface area contributed by atoms with Gasteiger partial charge in [-0.15, -0.1) is 0 Å². The van der Waals surface area contributed by atoms with E-state index >= 15 is 0 Å². The van der Waals surface area contributed by atoms with Crippen molar-refractivity contribution in [2.24, 2.45) is 0 Å². The predicted octanol–water partition coefficient (Wildman–Crippen LogP) is 6.19. The average Bonchev–Trinajstić information content (AvgIpc) is 2.95. The second-order valence-corrected chi connectivity index (χ2v) is 8.02. The lowest BCUT2D eigenvalue weighted by molar-refractivity contribution is -0.113. The molecule has 0 aliphatic carbocycles. The summed E-state index contributed by atoms with van der Waals surface area (Å²) in [6, 6.07) is 24.1. The quantitative estimate of drug-likeness (QED) is 0.395. The number of amides is 1. The molecule has 27 heavy (non-hydrogen) atoms. The Bertz CT molecular complexity index is 1100. The zero-order valence-electron chi connectivity index (χ0n) is 14.8. The van der Waals surface area contributed by atoms with Crippen LogP contribution in [0.15, 0.2) is 89.4 Å². The summed E-state index contributed by atoms with van der Waals surface area (Å²) < 4.78 is 0.564. The van der Waals surface area contributed by atoms with Crippen LogP contribution in [0.3, 0.4) is 0 Å². The van der Waals surface area contributed by atoms with Gasteiger partial charge in [-0.3, -0.25) is 9.69 Å². The molecule has 3 aromatic carbocycles. The van der Waals surface area contributed by atoms with E-state index in [1.54, 1.807) is 4.90 Å². The maximum Gasteiger partial charge on any atom is 0.270 e. The zero-order valence-corrected chi connectivity index (χ0v) is 16.4. The highest BCUT2D eigenvalue weighted by Crippen LogP contribution is 2.36. The van der Waals surface area contributed by atoms with E-state index in [0.29, 0.717) is 9.23 Å². The maximum absolute atomic E-state index is 13.0. The van der Waals surface area contributed by atoms with Crippen molar-refractivity contribution in [3.63, 3.8) is 0 Å². The molecular weight excluding hydrogens is 370 g/mol. The van der Waals surface area contributed by atoms with Gasteiger partial charge in [0.1, 0.15) is 0 Å². The van der Waals surface area contributed by atoms with Crippen LogP contribution in [0.1, 0.15) is 12.5 Å². The number of carbonyl (C=O) groups excluding carboxylic acids is 1. The molecule has 0 spiro atoms. The third-order valence-electron chi connectivity index (χ3n) is 4.34. The summed E-state index contributed by atoms with van der Waals surface area (Å²) in [6.45, 7) is 2.00. The van der Waals surface area contributed by atoms with Gasteiger partial charge in [0.25, 0.3) is 5.91 Å². The van der Waals surface area contributed by atoms with Gasteiger partial charge in [0.15, 0.2) is 4.32 Å². The topological polar surface area (TPSA) is 20.3 Å². The molecule has 0 bridgehead atoms. The minimum Gasteiger partial charge on any atom is -0.268 e. The summed E-state index contributed by atoms with van der Waals surface area (Å²) in [7, 11) is 0. The van der Waals surface area contributed by atoms with Gasteiger partial charge in [-0.25, -0.2) is 0 Å². The van der Waals surface area contributed by atoms with Crippen LogP contribution in [0.5, 0.6) is 0 Å². The highest BCUT2D eigenvalue weighted by atomic mass is 32.2. The lowest BCUT2D eigenvalue weighted by Crippen LogP contribution is -2.27. The molecule has 4 rings (SSSR count). The molecule has 0 radical (unpaired) electrons. The molecule has 132 valence electrons. The molecule has 1 fully saturated rings. The van der Waals surface area contributed by atoms with Gasteiger partial charge in [-0.2, -0.15) is 0 Å². The molecule has 0 N–H and O–H groups in total. The minimum atomic E-state index is -0.0684. The van der Waals surface area contributed by atoms with Gasteiger partial charge >= 0.3 is 0 Å². The third kappa shape index (κ3) is 3.72. The van der Waals surface area contributed by atoms with E-state index in [4.69, 9.17) is 12.2 Å². The number of anilines is 1. The van der Waals surface area contributed by atoms with Crippen molar-refractivity contribution in [2.45, 2.75) is 6.92 Å². The Balaban J connectivity index is 1.64. The first-order chi connectivity index (χ1) is 13.1. The zero-order chi connectivity index (χ0) is 18.8. The fourth-order valence-electron chi connectivity index (χ4n) is 3.07. The first kappa shape index (κ1) is 17.7. The maximum atomic E-state index is 13.0. The second kappa shape index (κ2) is 7.51. The van der Waals surface area contributed by atoms with Crippen molar-refractivity contribution in [1.82, 2.24) is 0 Å².